The molecule has 3 aromatic rings. The van der Waals surface area contributed by atoms with Crippen molar-refractivity contribution in [2.45, 2.75) is 12.7 Å². The molecule has 0 bridgehead atoms. The third kappa shape index (κ3) is 4.20. The topological polar surface area (TPSA) is 35.2 Å². The van der Waals surface area contributed by atoms with Gasteiger partial charge in [0, 0.05) is 55.9 Å². The van der Waals surface area contributed by atoms with Crippen LogP contribution in [-0.4, -0.2) is 41.0 Å². The van der Waals surface area contributed by atoms with Gasteiger partial charge in [-0.15, -0.1) is 0 Å². The number of aromatic nitrogens is 2. The van der Waals surface area contributed by atoms with Gasteiger partial charge in [0.25, 0.3) is 0 Å². The molecule has 0 radical (unpaired) electrons. The Morgan fingerprint density at radius 3 is 2.39 bits per heavy atom. The fourth-order valence-corrected chi connectivity index (χ4v) is 3.47. The summed E-state index contributed by atoms with van der Waals surface area (Å²) in [6.45, 7) is 3.71. The first-order chi connectivity index (χ1) is 13.5. The molecule has 1 N–H and O–H groups in total. The lowest BCUT2D eigenvalue weighted by molar-refractivity contribution is -0.137. The summed E-state index contributed by atoms with van der Waals surface area (Å²) in [7, 11) is 0. The smallest absolute Gasteiger partial charge is 0.369 e. The van der Waals surface area contributed by atoms with E-state index in [1.807, 2.05) is 41.4 Å². The van der Waals surface area contributed by atoms with E-state index >= 15 is 0 Å². The van der Waals surface area contributed by atoms with Gasteiger partial charge in [-0.2, -0.15) is 13.2 Å². The van der Waals surface area contributed by atoms with E-state index in [2.05, 4.69) is 14.9 Å². The van der Waals surface area contributed by atoms with Crippen molar-refractivity contribution >= 4 is 5.69 Å². The molecule has 0 atom stereocenters. The molecule has 28 heavy (non-hydrogen) atoms. The summed E-state index contributed by atoms with van der Waals surface area (Å²) in [6.07, 6.45) is -2.46. The second-order valence-electron chi connectivity index (χ2n) is 6.93. The molecule has 4 nitrogen and oxygen atoms in total. The lowest BCUT2D eigenvalue weighted by Crippen LogP contribution is -2.46. The Labute approximate surface area is 161 Å². The molecule has 1 aromatic heterocycles. The van der Waals surface area contributed by atoms with Gasteiger partial charge < -0.3 is 9.88 Å². The number of rotatable bonds is 4. The molecule has 1 aliphatic rings. The molecule has 0 unspecified atom stereocenters. The molecule has 0 saturated carbocycles. The molecule has 2 aromatic carbocycles. The largest absolute Gasteiger partial charge is 0.416 e. The van der Waals surface area contributed by atoms with E-state index in [0.29, 0.717) is 18.8 Å². The number of nitrogens with one attached hydrogen (secondary N) is 1. The van der Waals surface area contributed by atoms with Gasteiger partial charge in [0.15, 0.2) is 0 Å². The molecule has 146 valence electrons. The summed E-state index contributed by atoms with van der Waals surface area (Å²) in [5.74, 6) is 0.846. The number of halogens is 3. The zero-order valence-corrected chi connectivity index (χ0v) is 15.3. The average molecular weight is 386 g/mol. The summed E-state index contributed by atoms with van der Waals surface area (Å²) in [5, 5.41) is 0. The van der Waals surface area contributed by atoms with Gasteiger partial charge in [0.2, 0.25) is 0 Å². The first kappa shape index (κ1) is 18.6. The number of H-pyrrole nitrogens is 1. The summed E-state index contributed by atoms with van der Waals surface area (Å²) < 4.78 is 38.8. The predicted molar refractivity (Wildman–Crippen MR) is 103 cm³/mol. The minimum Gasteiger partial charge on any atom is -0.369 e. The normalized spacial score (nSPS) is 15.8. The number of piperazine rings is 1. The van der Waals surface area contributed by atoms with Crippen molar-refractivity contribution in [2.24, 2.45) is 0 Å². The van der Waals surface area contributed by atoms with E-state index in [9.17, 15) is 13.2 Å². The Kier molecular flexibility index (Phi) is 5.09. The molecule has 2 heterocycles. The molecule has 0 spiro atoms. The molecular weight excluding hydrogens is 365 g/mol. The standard InChI is InChI=1S/C21H21F3N4/c22-21(23,24)17-7-4-8-19(13-17)28-11-9-27(10-12-28)15-18-14-25-20(26-18)16-5-2-1-3-6-16/h1-8,13-14H,9-12,15H2,(H,25,26). The van der Waals surface area contributed by atoms with Gasteiger partial charge in [0.1, 0.15) is 5.82 Å². The average Bonchev–Trinajstić information content (AvgIpc) is 3.17. The third-order valence-corrected chi connectivity index (χ3v) is 4.98. The summed E-state index contributed by atoms with van der Waals surface area (Å²) in [5.41, 5.74) is 2.11. The van der Waals surface area contributed by atoms with Gasteiger partial charge in [-0.05, 0) is 18.2 Å². The van der Waals surface area contributed by atoms with Crippen molar-refractivity contribution in [3.63, 3.8) is 0 Å². The molecule has 1 saturated heterocycles. The van der Waals surface area contributed by atoms with Crippen molar-refractivity contribution in [1.82, 2.24) is 14.9 Å². The summed E-state index contributed by atoms with van der Waals surface area (Å²) in [6, 6.07) is 15.5. The monoisotopic (exact) mass is 386 g/mol. The van der Waals surface area contributed by atoms with Gasteiger partial charge in [0.05, 0.1) is 5.56 Å². The van der Waals surface area contributed by atoms with Crippen molar-refractivity contribution in [2.75, 3.05) is 31.1 Å². The number of alkyl halides is 3. The SMILES string of the molecule is FC(F)(F)c1cccc(N2CCN(Cc3cnc(-c4ccccc4)[nH]3)CC2)c1. The Bertz CT molecular complexity index is 913. The van der Waals surface area contributed by atoms with Crippen LogP contribution in [0.15, 0.2) is 60.8 Å². The highest BCUT2D eigenvalue weighted by Crippen LogP contribution is 2.32. The van der Waals surface area contributed by atoms with Crippen LogP contribution in [0.4, 0.5) is 18.9 Å². The minimum atomic E-state index is -4.31. The Morgan fingerprint density at radius 1 is 0.929 bits per heavy atom. The highest BCUT2D eigenvalue weighted by molar-refractivity contribution is 5.54. The number of benzene rings is 2. The van der Waals surface area contributed by atoms with E-state index in [4.69, 9.17) is 0 Å². The van der Waals surface area contributed by atoms with E-state index in [1.165, 1.54) is 12.1 Å². The number of aromatic amines is 1. The third-order valence-electron chi connectivity index (χ3n) is 4.98. The quantitative estimate of drug-likeness (QED) is 0.721. The summed E-state index contributed by atoms with van der Waals surface area (Å²) >= 11 is 0. The van der Waals surface area contributed by atoms with Gasteiger partial charge in [-0.1, -0.05) is 36.4 Å². The number of hydrogen-bond acceptors (Lipinski definition) is 3. The first-order valence-electron chi connectivity index (χ1n) is 9.23. The molecule has 7 heteroatoms. The number of anilines is 1. The second-order valence-corrected chi connectivity index (χ2v) is 6.93. The fraction of sp³-hybridized carbons (Fsp3) is 0.286. The van der Waals surface area contributed by atoms with Crippen LogP contribution in [0.25, 0.3) is 11.4 Å². The van der Waals surface area contributed by atoms with Crippen molar-refractivity contribution in [3.05, 3.63) is 72.1 Å². The molecule has 0 amide bonds. The Morgan fingerprint density at radius 2 is 1.68 bits per heavy atom. The van der Waals surface area contributed by atoms with Crippen LogP contribution in [0.5, 0.6) is 0 Å². The van der Waals surface area contributed by atoms with Crippen molar-refractivity contribution in [3.8, 4) is 11.4 Å². The van der Waals surface area contributed by atoms with Crippen LogP contribution >= 0.6 is 0 Å². The van der Waals surface area contributed by atoms with Gasteiger partial charge in [-0.25, -0.2) is 4.98 Å². The highest BCUT2D eigenvalue weighted by Gasteiger charge is 2.31. The number of nitrogens with zero attached hydrogens (tertiary/aromatic N) is 3. The molecule has 1 aliphatic heterocycles. The Hall–Kier alpha value is -2.80. The first-order valence-corrected chi connectivity index (χ1v) is 9.23. The zero-order valence-electron chi connectivity index (χ0n) is 15.3. The van der Waals surface area contributed by atoms with Crippen LogP contribution < -0.4 is 4.90 Å². The van der Waals surface area contributed by atoms with Crippen LogP contribution in [0, 0.1) is 0 Å². The van der Waals surface area contributed by atoms with Crippen LogP contribution in [0.1, 0.15) is 11.3 Å². The lowest BCUT2D eigenvalue weighted by atomic mass is 10.1. The van der Waals surface area contributed by atoms with E-state index in [-0.39, 0.29) is 0 Å². The van der Waals surface area contributed by atoms with Crippen LogP contribution in [0.2, 0.25) is 0 Å². The van der Waals surface area contributed by atoms with Crippen molar-refractivity contribution in [1.29, 1.82) is 0 Å². The zero-order chi connectivity index (χ0) is 19.6. The lowest BCUT2D eigenvalue weighted by Gasteiger charge is -2.36. The highest BCUT2D eigenvalue weighted by atomic mass is 19.4. The maximum Gasteiger partial charge on any atom is 0.416 e. The summed E-state index contributed by atoms with van der Waals surface area (Å²) in [4.78, 5) is 12.1. The predicted octanol–water partition coefficient (Wildman–Crippen LogP) is 4.42. The Balaban J connectivity index is 1.36. The minimum absolute atomic E-state index is 0.599. The van der Waals surface area contributed by atoms with Gasteiger partial charge in [-0.3, -0.25) is 4.90 Å². The molecule has 4 rings (SSSR count). The van der Waals surface area contributed by atoms with E-state index in [0.717, 1.165) is 42.8 Å². The fourth-order valence-electron chi connectivity index (χ4n) is 3.47. The number of imidazole rings is 1. The number of hydrogen-bond donors (Lipinski definition) is 1. The molecule has 1 fully saturated rings. The van der Waals surface area contributed by atoms with E-state index in [1.54, 1.807) is 6.07 Å². The van der Waals surface area contributed by atoms with E-state index < -0.39 is 11.7 Å². The van der Waals surface area contributed by atoms with Crippen LogP contribution in [0.3, 0.4) is 0 Å². The molecular formula is C21H21F3N4. The van der Waals surface area contributed by atoms with Crippen molar-refractivity contribution < 1.29 is 13.2 Å². The molecule has 0 aliphatic carbocycles. The van der Waals surface area contributed by atoms with Gasteiger partial charge >= 0.3 is 6.18 Å². The second kappa shape index (κ2) is 7.67. The maximum atomic E-state index is 12.9. The van der Waals surface area contributed by atoms with Crippen LogP contribution in [-0.2, 0) is 12.7 Å². The maximum absolute atomic E-state index is 12.9.